The summed E-state index contributed by atoms with van der Waals surface area (Å²) in [6.07, 6.45) is 2.02. The molecule has 3 N–H and O–H groups in total. The first-order valence-corrected chi connectivity index (χ1v) is 6.87. The normalized spacial score (nSPS) is 12.0. The second kappa shape index (κ2) is 8.02. The van der Waals surface area contributed by atoms with Gasteiger partial charge in [-0.25, -0.2) is 0 Å². The number of hydrogen-bond acceptors (Lipinski definition) is 3. The lowest BCUT2D eigenvalue weighted by Gasteiger charge is -2.14. The second-order valence-corrected chi connectivity index (χ2v) is 4.90. The molecule has 19 heavy (non-hydrogen) atoms. The van der Waals surface area contributed by atoms with Crippen LogP contribution in [0.25, 0.3) is 0 Å². The number of unbranched alkanes of at least 4 members (excludes halogenated alkanes) is 1. The van der Waals surface area contributed by atoms with Crippen molar-refractivity contribution >= 4 is 17.5 Å². The third kappa shape index (κ3) is 5.49. The molecule has 0 bridgehead atoms. The van der Waals surface area contributed by atoms with Gasteiger partial charge in [0.15, 0.2) is 6.61 Å². The predicted octanol–water partition coefficient (Wildman–Crippen LogP) is 2.65. The van der Waals surface area contributed by atoms with Crippen molar-refractivity contribution in [3.05, 3.63) is 28.8 Å². The molecule has 0 fully saturated rings. The van der Waals surface area contributed by atoms with Crippen molar-refractivity contribution in [1.82, 2.24) is 5.32 Å². The van der Waals surface area contributed by atoms with E-state index in [1.165, 1.54) is 0 Å². The Morgan fingerprint density at radius 1 is 1.53 bits per heavy atom. The van der Waals surface area contributed by atoms with Crippen LogP contribution in [0.3, 0.4) is 0 Å². The fraction of sp³-hybridized carbons (Fsp3) is 0.500. The molecule has 0 spiro atoms. The molecule has 1 amide bonds. The largest absolute Gasteiger partial charge is 0.483 e. The van der Waals surface area contributed by atoms with Crippen molar-refractivity contribution < 1.29 is 9.53 Å². The number of nitrogens with two attached hydrogens (primary N) is 1. The first-order valence-electron chi connectivity index (χ1n) is 6.49. The molecule has 106 valence electrons. The van der Waals surface area contributed by atoms with Gasteiger partial charge >= 0.3 is 0 Å². The first-order chi connectivity index (χ1) is 9.04. The molecule has 0 aromatic heterocycles. The first kappa shape index (κ1) is 15.8. The van der Waals surface area contributed by atoms with E-state index in [9.17, 15) is 4.79 Å². The number of nitrogens with one attached hydrogen (secondary N) is 1. The summed E-state index contributed by atoms with van der Waals surface area (Å²) in [5.74, 6) is 0.476. The molecule has 0 aliphatic heterocycles. The molecule has 0 heterocycles. The summed E-state index contributed by atoms with van der Waals surface area (Å²) in [6, 6.07) is 5.02. The van der Waals surface area contributed by atoms with Gasteiger partial charge in [-0.05, 0) is 31.5 Å². The Bertz CT molecular complexity index is 422. The average Bonchev–Trinajstić information content (AvgIpc) is 2.37. The summed E-state index contributed by atoms with van der Waals surface area (Å²) in [6.45, 7) is 4.59. The lowest BCUT2D eigenvalue weighted by molar-refractivity contribution is -0.123. The van der Waals surface area contributed by atoms with Crippen LogP contribution in [0.5, 0.6) is 5.75 Å². The molecular formula is C14H21ClN2O2. The van der Waals surface area contributed by atoms with Crippen molar-refractivity contribution in [2.45, 2.75) is 32.7 Å². The highest BCUT2D eigenvalue weighted by atomic mass is 35.5. The van der Waals surface area contributed by atoms with Crippen LogP contribution < -0.4 is 15.8 Å². The van der Waals surface area contributed by atoms with Gasteiger partial charge in [0.25, 0.3) is 5.91 Å². The van der Waals surface area contributed by atoms with Gasteiger partial charge in [0.1, 0.15) is 5.75 Å². The molecule has 1 aromatic rings. The van der Waals surface area contributed by atoms with Crippen LogP contribution in [0.4, 0.5) is 0 Å². The summed E-state index contributed by atoms with van der Waals surface area (Å²) in [7, 11) is 0. The summed E-state index contributed by atoms with van der Waals surface area (Å²) in [4.78, 5) is 11.5. The van der Waals surface area contributed by atoms with Crippen molar-refractivity contribution in [1.29, 1.82) is 0 Å². The van der Waals surface area contributed by atoms with E-state index in [-0.39, 0.29) is 18.6 Å². The number of carbonyl (C=O) groups is 1. The van der Waals surface area contributed by atoms with Gasteiger partial charge in [0.05, 0.1) is 0 Å². The highest BCUT2D eigenvalue weighted by molar-refractivity contribution is 6.30. The Morgan fingerprint density at radius 3 is 2.89 bits per heavy atom. The molecule has 0 saturated heterocycles. The molecule has 0 saturated carbocycles. The molecule has 0 aliphatic carbocycles. The van der Waals surface area contributed by atoms with E-state index in [0.717, 1.165) is 18.4 Å². The molecule has 5 heteroatoms. The molecule has 0 aliphatic rings. The molecule has 1 rings (SSSR count). The van der Waals surface area contributed by atoms with Crippen LogP contribution in [0.2, 0.25) is 5.02 Å². The minimum atomic E-state index is -0.197. The van der Waals surface area contributed by atoms with E-state index < -0.39 is 0 Å². The Kier molecular flexibility index (Phi) is 6.67. The van der Waals surface area contributed by atoms with E-state index in [0.29, 0.717) is 17.3 Å². The highest BCUT2D eigenvalue weighted by Crippen LogP contribution is 2.27. The number of carbonyl (C=O) groups excluding carboxylic acids is 1. The van der Waals surface area contributed by atoms with E-state index in [1.807, 2.05) is 6.92 Å². The number of rotatable bonds is 7. The Labute approximate surface area is 119 Å². The molecule has 1 aromatic carbocycles. The molecule has 0 radical (unpaired) electrons. The Morgan fingerprint density at radius 2 is 2.26 bits per heavy atom. The van der Waals surface area contributed by atoms with Gasteiger partial charge in [-0.2, -0.15) is 0 Å². The minimum Gasteiger partial charge on any atom is -0.483 e. The zero-order valence-corrected chi connectivity index (χ0v) is 12.2. The fourth-order valence-electron chi connectivity index (χ4n) is 1.61. The number of benzene rings is 1. The summed E-state index contributed by atoms with van der Waals surface area (Å²) in [5.41, 5.74) is 6.65. The predicted molar refractivity (Wildman–Crippen MR) is 77.5 cm³/mol. The Hall–Kier alpha value is -1.26. The molecule has 1 atom stereocenters. The van der Waals surface area contributed by atoms with Crippen LogP contribution in [-0.2, 0) is 4.79 Å². The maximum absolute atomic E-state index is 11.5. The summed E-state index contributed by atoms with van der Waals surface area (Å²) in [5, 5.41) is 3.40. The molecular weight excluding hydrogens is 264 g/mol. The highest BCUT2D eigenvalue weighted by Gasteiger charge is 2.10. The van der Waals surface area contributed by atoms with Gasteiger partial charge in [0, 0.05) is 23.2 Å². The van der Waals surface area contributed by atoms with Gasteiger partial charge in [-0.1, -0.05) is 24.9 Å². The average molecular weight is 285 g/mol. The quantitative estimate of drug-likeness (QED) is 0.757. The van der Waals surface area contributed by atoms with Crippen LogP contribution in [0.1, 0.15) is 38.3 Å². The zero-order chi connectivity index (χ0) is 14.3. The van der Waals surface area contributed by atoms with Crippen LogP contribution in [-0.4, -0.2) is 19.1 Å². The topological polar surface area (TPSA) is 64.3 Å². The number of halogens is 1. The third-order valence-electron chi connectivity index (χ3n) is 2.67. The summed E-state index contributed by atoms with van der Waals surface area (Å²) >= 11 is 5.92. The zero-order valence-electron chi connectivity index (χ0n) is 11.4. The van der Waals surface area contributed by atoms with E-state index >= 15 is 0 Å². The number of ether oxygens (including phenoxy) is 1. The van der Waals surface area contributed by atoms with Gasteiger partial charge in [-0.3, -0.25) is 4.79 Å². The smallest absolute Gasteiger partial charge is 0.257 e. The van der Waals surface area contributed by atoms with Crippen LogP contribution >= 0.6 is 11.6 Å². The van der Waals surface area contributed by atoms with Crippen LogP contribution in [0, 0.1) is 0 Å². The van der Waals surface area contributed by atoms with Crippen LogP contribution in [0.15, 0.2) is 18.2 Å². The Balaban J connectivity index is 2.55. The fourth-order valence-corrected chi connectivity index (χ4v) is 1.79. The van der Waals surface area contributed by atoms with E-state index in [1.54, 1.807) is 18.2 Å². The van der Waals surface area contributed by atoms with E-state index in [4.69, 9.17) is 22.1 Å². The van der Waals surface area contributed by atoms with Crippen molar-refractivity contribution in [3.8, 4) is 5.75 Å². The molecule has 4 nitrogen and oxygen atoms in total. The second-order valence-electron chi connectivity index (χ2n) is 4.46. The van der Waals surface area contributed by atoms with Gasteiger partial charge < -0.3 is 15.8 Å². The van der Waals surface area contributed by atoms with E-state index in [2.05, 4.69) is 12.2 Å². The minimum absolute atomic E-state index is 0.00886. The maximum Gasteiger partial charge on any atom is 0.257 e. The maximum atomic E-state index is 11.5. The van der Waals surface area contributed by atoms with Crippen molar-refractivity contribution in [2.75, 3.05) is 13.2 Å². The third-order valence-corrected chi connectivity index (χ3v) is 2.91. The monoisotopic (exact) mass is 284 g/mol. The molecule has 1 unspecified atom stereocenters. The summed E-state index contributed by atoms with van der Waals surface area (Å²) < 4.78 is 5.50. The number of amides is 1. The lowest BCUT2D eigenvalue weighted by Crippen LogP contribution is -2.29. The van der Waals surface area contributed by atoms with Gasteiger partial charge in [0.2, 0.25) is 0 Å². The van der Waals surface area contributed by atoms with Crippen molar-refractivity contribution in [2.24, 2.45) is 5.73 Å². The standard InChI is InChI=1S/C14H21ClN2O2/c1-3-4-7-17-14(18)9-19-13-6-5-11(15)8-12(13)10(2)16/h5-6,8,10H,3-4,7,9,16H2,1-2H3,(H,17,18). The number of hydrogen-bond donors (Lipinski definition) is 2. The van der Waals surface area contributed by atoms with Crippen molar-refractivity contribution in [3.63, 3.8) is 0 Å². The van der Waals surface area contributed by atoms with Gasteiger partial charge in [-0.15, -0.1) is 0 Å². The SMILES string of the molecule is CCCCNC(=O)COc1ccc(Cl)cc1C(C)N. The lowest BCUT2D eigenvalue weighted by atomic mass is 10.1.